The molecule has 1 aromatic carbocycles. The van der Waals surface area contributed by atoms with E-state index in [2.05, 4.69) is 19.1 Å². The van der Waals surface area contributed by atoms with Gasteiger partial charge in [-0.1, -0.05) is 25.1 Å². The third-order valence-corrected chi connectivity index (χ3v) is 4.36. The highest BCUT2D eigenvalue weighted by atomic mass is 16.6. The molecule has 2 rings (SSSR count). The van der Waals surface area contributed by atoms with Gasteiger partial charge in [0.1, 0.15) is 5.60 Å². The van der Waals surface area contributed by atoms with Crippen LogP contribution >= 0.6 is 0 Å². The molecule has 0 bridgehead atoms. The topological polar surface area (TPSA) is 49.8 Å². The fourth-order valence-corrected chi connectivity index (χ4v) is 3.16. The van der Waals surface area contributed by atoms with Crippen LogP contribution in [0.3, 0.4) is 0 Å². The number of aryl methyl sites for hydroxylation is 1. The molecule has 0 aliphatic carbocycles. The minimum atomic E-state index is -0.441. The van der Waals surface area contributed by atoms with Gasteiger partial charge in [-0.3, -0.25) is 0 Å². The van der Waals surface area contributed by atoms with Crippen molar-refractivity contribution >= 4 is 6.09 Å². The van der Waals surface area contributed by atoms with Crippen LogP contribution in [0.1, 0.15) is 63.1 Å². The number of aliphatic hydroxyl groups is 1. The summed E-state index contributed by atoms with van der Waals surface area (Å²) in [4.78, 5) is 14.0. The molecule has 0 unspecified atom stereocenters. The number of rotatable bonds is 3. The van der Waals surface area contributed by atoms with Crippen LogP contribution in [-0.4, -0.2) is 34.8 Å². The van der Waals surface area contributed by atoms with E-state index in [0.29, 0.717) is 5.92 Å². The third-order valence-electron chi connectivity index (χ3n) is 4.36. The fourth-order valence-electron chi connectivity index (χ4n) is 3.16. The van der Waals surface area contributed by atoms with Gasteiger partial charge in [-0.2, -0.15) is 0 Å². The molecule has 0 aromatic heterocycles. The fraction of sp³-hybridized carbons (Fsp3) is 0.632. The Bertz CT molecular complexity index is 540. The van der Waals surface area contributed by atoms with Gasteiger partial charge in [-0.15, -0.1) is 0 Å². The first-order chi connectivity index (χ1) is 10.8. The van der Waals surface area contributed by atoms with Crippen LogP contribution in [0.15, 0.2) is 18.2 Å². The molecule has 4 heteroatoms. The highest BCUT2D eigenvalue weighted by molar-refractivity contribution is 5.68. The number of ether oxygens (including phenoxy) is 1. The number of carbonyl (C=O) groups excluding carboxylic acids is 1. The monoisotopic (exact) mass is 319 g/mol. The van der Waals surface area contributed by atoms with Crippen molar-refractivity contribution in [2.24, 2.45) is 0 Å². The number of hydrogen-bond donors (Lipinski definition) is 1. The molecule has 0 radical (unpaired) electrons. The van der Waals surface area contributed by atoms with E-state index in [0.717, 1.165) is 37.9 Å². The summed E-state index contributed by atoms with van der Waals surface area (Å²) in [6, 6.07) is 6.27. The number of carbonyl (C=O) groups is 1. The summed E-state index contributed by atoms with van der Waals surface area (Å²) in [5.41, 5.74) is 3.21. The van der Waals surface area contributed by atoms with Gasteiger partial charge >= 0.3 is 6.09 Å². The summed E-state index contributed by atoms with van der Waals surface area (Å²) in [7, 11) is 0. The quantitative estimate of drug-likeness (QED) is 0.920. The predicted molar refractivity (Wildman–Crippen MR) is 91.5 cm³/mol. The second-order valence-electron chi connectivity index (χ2n) is 7.29. The SMILES string of the molecule is CCc1cc(CO)ccc1C1CCN(C(=O)OC(C)(C)C)CC1. The first kappa shape index (κ1) is 17.8. The van der Waals surface area contributed by atoms with Crippen molar-refractivity contribution in [2.75, 3.05) is 13.1 Å². The average Bonchev–Trinajstić information content (AvgIpc) is 2.52. The van der Waals surface area contributed by atoms with E-state index < -0.39 is 5.60 Å². The van der Waals surface area contributed by atoms with Crippen molar-refractivity contribution in [1.82, 2.24) is 4.90 Å². The Hall–Kier alpha value is -1.55. The number of piperidine rings is 1. The van der Waals surface area contributed by atoms with Crippen LogP contribution in [0.4, 0.5) is 4.79 Å². The predicted octanol–water partition coefficient (Wildman–Crippen LogP) is 3.86. The van der Waals surface area contributed by atoms with Crippen molar-refractivity contribution in [3.63, 3.8) is 0 Å². The van der Waals surface area contributed by atoms with E-state index in [1.165, 1.54) is 11.1 Å². The van der Waals surface area contributed by atoms with E-state index in [4.69, 9.17) is 4.74 Å². The van der Waals surface area contributed by atoms with E-state index in [1.54, 1.807) is 0 Å². The van der Waals surface area contributed by atoms with E-state index in [1.807, 2.05) is 31.7 Å². The van der Waals surface area contributed by atoms with Crippen molar-refractivity contribution in [3.05, 3.63) is 34.9 Å². The number of nitrogens with zero attached hydrogens (tertiary/aromatic N) is 1. The summed E-state index contributed by atoms with van der Waals surface area (Å²) < 4.78 is 5.45. The van der Waals surface area contributed by atoms with Crippen molar-refractivity contribution < 1.29 is 14.6 Å². The second kappa shape index (κ2) is 7.35. The molecule has 0 spiro atoms. The van der Waals surface area contributed by atoms with Gasteiger partial charge in [0, 0.05) is 13.1 Å². The molecule has 1 aliphatic rings. The molecule has 23 heavy (non-hydrogen) atoms. The van der Waals surface area contributed by atoms with Gasteiger partial charge < -0.3 is 14.7 Å². The Kier molecular flexibility index (Phi) is 5.69. The summed E-state index contributed by atoms with van der Waals surface area (Å²) >= 11 is 0. The van der Waals surface area contributed by atoms with Gasteiger partial charge in [0.2, 0.25) is 0 Å². The molecule has 0 saturated carbocycles. The first-order valence-electron chi connectivity index (χ1n) is 8.54. The summed E-state index contributed by atoms with van der Waals surface area (Å²) in [6.07, 6.45) is 2.69. The van der Waals surface area contributed by atoms with E-state index in [-0.39, 0.29) is 12.7 Å². The minimum absolute atomic E-state index is 0.0877. The molecular formula is C19H29NO3. The molecule has 1 amide bonds. The van der Waals surface area contributed by atoms with Crippen LogP contribution in [0.5, 0.6) is 0 Å². The van der Waals surface area contributed by atoms with E-state index >= 15 is 0 Å². The summed E-state index contributed by atoms with van der Waals surface area (Å²) in [5, 5.41) is 9.29. The third kappa shape index (κ3) is 4.71. The zero-order valence-electron chi connectivity index (χ0n) is 14.8. The van der Waals surface area contributed by atoms with Crippen molar-refractivity contribution in [1.29, 1.82) is 0 Å². The van der Waals surface area contributed by atoms with Crippen LogP contribution < -0.4 is 0 Å². The Morgan fingerprint density at radius 1 is 1.30 bits per heavy atom. The maximum Gasteiger partial charge on any atom is 0.410 e. The minimum Gasteiger partial charge on any atom is -0.444 e. The van der Waals surface area contributed by atoms with Gasteiger partial charge in [-0.25, -0.2) is 4.79 Å². The summed E-state index contributed by atoms with van der Waals surface area (Å²) in [6.45, 7) is 9.41. The first-order valence-corrected chi connectivity index (χ1v) is 8.54. The normalized spacial score (nSPS) is 16.5. The zero-order valence-corrected chi connectivity index (χ0v) is 14.8. The number of amides is 1. The molecular weight excluding hydrogens is 290 g/mol. The van der Waals surface area contributed by atoms with Gasteiger partial charge in [-0.05, 0) is 62.6 Å². The molecule has 128 valence electrons. The molecule has 1 saturated heterocycles. The highest BCUT2D eigenvalue weighted by Gasteiger charge is 2.28. The lowest BCUT2D eigenvalue weighted by Gasteiger charge is -2.34. The van der Waals surface area contributed by atoms with Gasteiger partial charge in [0.05, 0.1) is 6.61 Å². The van der Waals surface area contributed by atoms with Crippen LogP contribution in [0, 0.1) is 0 Å². The Morgan fingerprint density at radius 2 is 1.96 bits per heavy atom. The molecule has 1 heterocycles. The molecule has 4 nitrogen and oxygen atoms in total. The highest BCUT2D eigenvalue weighted by Crippen LogP contribution is 2.31. The standard InChI is InChI=1S/C19H29NO3/c1-5-15-12-14(13-21)6-7-17(15)16-8-10-20(11-9-16)18(22)23-19(2,3)4/h6-7,12,16,21H,5,8-11,13H2,1-4H3. The molecule has 0 atom stereocenters. The Morgan fingerprint density at radius 3 is 2.48 bits per heavy atom. The molecule has 1 fully saturated rings. The average molecular weight is 319 g/mol. The molecule has 1 N–H and O–H groups in total. The number of likely N-dealkylation sites (tertiary alicyclic amines) is 1. The zero-order chi connectivity index (χ0) is 17.0. The van der Waals surface area contributed by atoms with Gasteiger partial charge in [0.25, 0.3) is 0 Å². The van der Waals surface area contributed by atoms with Gasteiger partial charge in [0.15, 0.2) is 0 Å². The number of aliphatic hydroxyl groups excluding tert-OH is 1. The van der Waals surface area contributed by atoms with Crippen molar-refractivity contribution in [2.45, 2.75) is 65.1 Å². The van der Waals surface area contributed by atoms with Crippen LogP contribution in [-0.2, 0) is 17.8 Å². The molecule has 1 aliphatic heterocycles. The lowest BCUT2D eigenvalue weighted by Crippen LogP contribution is -2.41. The number of benzene rings is 1. The van der Waals surface area contributed by atoms with E-state index in [9.17, 15) is 9.90 Å². The Labute approximate surface area is 139 Å². The maximum absolute atomic E-state index is 12.1. The maximum atomic E-state index is 12.1. The van der Waals surface area contributed by atoms with Crippen molar-refractivity contribution in [3.8, 4) is 0 Å². The van der Waals surface area contributed by atoms with Crippen LogP contribution in [0.25, 0.3) is 0 Å². The molecule has 1 aromatic rings. The lowest BCUT2D eigenvalue weighted by molar-refractivity contribution is 0.0204. The number of hydrogen-bond acceptors (Lipinski definition) is 3. The smallest absolute Gasteiger partial charge is 0.410 e. The largest absolute Gasteiger partial charge is 0.444 e. The second-order valence-corrected chi connectivity index (χ2v) is 7.29. The van der Waals surface area contributed by atoms with Crippen LogP contribution in [0.2, 0.25) is 0 Å². The summed E-state index contributed by atoms with van der Waals surface area (Å²) in [5.74, 6) is 0.483. The Balaban J connectivity index is 2.00. The lowest BCUT2D eigenvalue weighted by atomic mass is 9.85.